The molecule has 1 N–H and O–H groups in total. The van der Waals surface area contributed by atoms with Crippen LogP contribution in [0.2, 0.25) is 5.28 Å². The van der Waals surface area contributed by atoms with Crippen molar-refractivity contribution in [3.8, 4) is 0 Å². The number of hydrogen-bond acceptors (Lipinski definition) is 4. The van der Waals surface area contributed by atoms with Crippen LogP contribution < -0.4 is 5.32 Å². The molecule has 0 radical (unpaired) electrons. The first-order valence-corrected chi connectivity index (χ1v) is 7.60. The summed E-state index contributed by atoms with van der Waals surface area (Å²) in [5, 5.41) is 3.82. The summed E-state index contributed by atoms with van der Waals surface area (Å²) in [4.78, 5) is 10.8. The van der Waals surface area contributed by atoms with Crippen LogP contribution in [0.4, 0.5) is 5.82 Å². The highest BCUT2D eigenvalue weighted by molar-refractivity contribution is 9.10. The van der Waals surface area contributed by atoms with Crippen LogP contribution in [0.15, 0.2) is 10.7 Å². The van der Waals surface area contributed by atoms with Gasteiger partial charge in [0.2, 0.25) is 5.28 Å². The lowest BCUT2D eigenvalue weighted by Gasteiger charge is -2.32. The van der Waals surface area contributed by atoms with Gasteiger partial charge in [0.15, 0.2) is 0 Å². The molecule has 98 valence electrons. The van der Waals surface area contributed by atoms with E-state index >= 15 is 0 Å². The Labute approximate surface area is 120 Å². The van der Waals surface area contributed by atoms with E-state index in [0.717, 1.165) is 10.3 Å². The molecule has 0 spiro atoms. The number of fused-ring (bicyclic) bond motifs is 1. The van der Waals surface area contributed by atoms with Gasteiger partial charge in [-0.15, -0.1) is 0 Å². The largest absolute Gasteiger partial charge is 0.365 e. The SMILES string of the molecule is Clc1ncc(Br)c(NC2CCN3CCCCC23)n1. The number of nitrogens with one attached hydrogen (secondary N) is 1. The monoisotopic (exact) mass is 330 g/mol. The van der Waals surface area contributed by atoms with E-state index in [-0.39, 0.29) is 0 Å². The van der Waals surface area contributed by atoms with Crippen molar-refractivity contribution in [3.63, 3.8) is 0 Å². The third-order valence-electron chi connectivity index (χ3n) is 3.89. The lowest BCUT2D eigenvalue weighted by atomic mass is 9.99. The van der Waals surface area contributed by atoms with Crippen LogP contribution in [-0.4, -0.2) is 40.0 Å². The maximum Gasteiger partial charge on any atom is 0.224 e. The molecule has 1 aromatic rings. The summed E-state index contributed by atoms with van der Waals surface area (Å²) < 4.78 is 0.876. The molecular weight excluding hydrogens is 316 g/mol. The molecule has 3 heterocycles. The Morgan fingerprint density at radius 2 is 2.22 bits per heavy atom. The van der Waals surface area contributed by atoms with Gasteiger partial charge < -0.3 is 5.32 Å². The summed E-state index contributed by atoms with van der Waals surface area (Å²) in [6.07, 6.45) is 6.84. The van der Waals surface area contributed by atoms with Crippen molar-refractivity contribution in [2.45, 2.75) is 37.8 Å². The van der Waals surface area contributed by atoms with Crippen LogP contribution in [0.3, 0.4) is 0 Å². The average molecular weight is 332 g/mol. The summed E-state index contributed by atoms with van der Waals surface area (Å²) in [6.45, 7) is 2.44. The van der Waals surface area contributed by atoms with Gasteiger partial charge in [-0.2, -0.15) is 4.98 Å². The van der Waals surface area contributed by atoms with Crippen molar-refractivity contribution in [1.29, 1.82) is 0 Å². The summed E-state index contributed by atoms with van der Waals surface area (Å²) in [5.41, 5.74) is 0. The Hall–Kier alpha value is -0.390. The van der Waals surface area contributed by atoms with Crippen molar-refractivity contribution < 1.29 is 0 Å². The van der Waals surface area contributed by atoms with Crippen molar-refractivity contribution in [2.75, 3.05) is 18.4 Å². The van der Waals surface area contributed by atoms with E-state index in [0.29, 0.717) is 17.4 Å². The number of anilines is 1. The van der Waals surface area contributed by atoms with E-state index in [2.05, 4.69) is 36.1 Å². The molecule has 0 amide bonds. The minimum Gasteiger partial charge on any atom is -0.365 e. The average Bonchev–Trinajstić information content (AvgIpc) is 2.78. The number of aromatic nitrogens is 2. The Balaban J connectivity index is 1.74. The first-order valence-electron chi connectivity index (χ1n) is 6.42. The van der Waals surface area contributed by atoms with Crippen molar-refractivity contribution in [3.05, 3.63) is 16.0 Å². The van der Waals surface area contributed by atoms with E-state index in [1.165, 1.54) is 38.8 Å². The van der Waals surface area contributed by atoms with Crippen LogP contribution in [0.5, 0.6) is 0 Å². The lowest BCUT2D eigenvalue weighted by molar-refractivity contribution is 0.192. The van der Waals surface area contributed by atoms with Crippen LogP contribution in [0.25, 0.3) is 0 Å². The highest BCUT2D eigenvalue weighted by atomic mass is 79.9. The zero-order valence-electron chi connectivity index (χ0n) is 10.1. The molecule has 1 aromatic heterocycles. The standard InChI is InChI=1S/C12H16BrClN4/c13-8-7-15-12(14)17-11(8)16-9-4-6-18-5-2-1-3-10(9)18/h7,9-10H,1-6H2,(H,15,16,17). The molecule has 6 heteroatoms. The van der Waals surface area contributed by atoms with Gasteiger partial charge in [-0.25, -0.2) is 4.98 Å². The molecule has 4 nitrogen and oxygen atoms in total. The molecule has 2 saturated heterocycles. The molecule has 2 aliphatic heterocycles. The molecule has 3 rings (SSSR count). The van der Waals surface area contributed by atoms with Crippen LogP contribution >= 0.6 is 27.5 Å². The first kappa shape index (κ1) is 12.6. The summed E-state index contributed by atoms with van der Waals surface area (Å²) >= 11 is 9.31. The minimum absolute atomic E-state index is 0.291. The zero-order chi connectivity index (χ0) is 12.5. The van der Waals surface area contributed by atoms with Gasteiger partial charge in [0.25, 0.3) is 0 Å². The Morgan fingerprint density at radius 3 is 3.11 bits per heavy atom. The normalized spacial score (nSPS) is 28.1. The van der Waals surface area contributed by atoms with E-state index in [1.54, 1.807) is 6.20 Å². The maximum absolute atomic E-state index is 5.85. The smallest absolute Gasteiger partial charge is 0.224 e. The van der Waals surface area contributed by atoms with Gasteiger partial charge in [0.05, 0.1) is 4.47 Å². The second kappa shape index (κ2) is 5.31. The van der Waals surface area contributed by atoms with Gasteiger partial charge in [0.1, 0.15) is 5.82 Å². The molecule has 2 unspecified atom stereocenters. The molecule has 2 fully saturated rings. The molecule has 0 aliphatic carbocycles. The molecule has 0 saturated carbocycles. The zero-order valence-corrected chi connectivity index (χ0v) is 12.4. The second-order valence-corrected chi connectivity index (χ2v) is 6.17. The van der Waals surface area contributed by atoms with Crippen LogP contribution in [-0.2, 0) is 0 Å². The van der Waals surface area contributed by atoms with E-state index in [9.17, 15) is 0 Å². The van der Waals surface area contributed by atoms with E-state index in [4.69, 9.17) is 11.6 Å². The van der Waals surface area contributed by atoms with Gasteiger partial charge in [-0.1, -0.05) is 6.42 Å². The van der Waals surface area contributed by atoms with Crippen molar-refractivity contribution in [2.24, 2.45) is 0 Å². The summed E-state index contributed by atoms with van der Waals surface area (Å²) in [7, 11) is 0. The molecule has 18 heavy (non-hydrogen) atoms. The quantitative estimate of drug-likeness (QED) is 0.846. The Morgan fingerprint density at radius 1 is 1.33 bits per heavy atom. The first-order chi connectivity index (χ1) is 8.74. The molecule has 2 aliphatic rings. The maximum atomic E-state index is 5.85. The highest BCUT2D eigenvalue weighted by Gasteiger charge is 2.35. The van der Waals surface area contributed by atoms with E-state index in [1.807, 2.05) is 0 Å². The van der Waals surface area contributed by atoms with Gasteiger partial charge >= 0.3 is 0 Å². The van der Waals surface area contributed by atoms with Crippen LogP contribution in [0, 0.1) is 0 Å². The topological polar surface area (TPSA) is 41.1 Å². The fourth-order valence-electron chi connectivity index (χ4n) is 3.04. The number of piperidine rings is 1. The van der Waals surface area contributed by atoms with Gasteiger partial charge in [-0.3, -0.25) is 4.90 Å². The minimum atomic E-state index is 0.291. The molecule has 0 aromatic carbocycles. The fraction of sp³-hybridized carbons (Fsp3) is 0.667. The van der Waals surface area contributed by atoms with Gasteiger partial charge in [0, 0.05) is 24.8 Å². The Bertz CT molecular complexity index is 442. The summed E-state index contributed by atoms with van der Waals surface area (Å²) in [5.74, 6) is 0.812. The third-order valence-corrected chi connectivity index (χ3v) is 4.66. The lowest BCUT2D eigenvalue weighted by Crippen LogP contribution is -2.41. The molecule has 2 atom stereocenters. The number of halogens is 2. The van der Waals surface area contributed by atoms with E-state index < -0.39 is 0 Å². The van der Waals surface area contributed by atoms with Gasteiger partial charge in [-0.05, 0) is 53.3 Å². The molecule has 0 bridgehead atoms. The predicted molar refractivity (Wildman–Crippen MR) is 76.0 cm³/mol. The number of rotatable bonds is 2. The molecular formula is C12H16BrClN4. The van der Waals surface area contributed by atoms with Crippen LogP contribution in [0.1, 0.15) is 25.7 Å². The third kappa shape index (κ3) is 2.49. The van der Waals surface area contributed by atoms with Crippen molar-refractivity contribution in [1.82, 2.24) is 14.9 Å². The second-order valence-electron chi connectivity index (χ2n) is 4.97. The number of nitrogens with zero attached hydrogens (tertiary/aromatic N) is 3. The Kier molecular flexibility index (Phi) is 3.73. The summed E-state index contributed by atoms with van der Waals surface area (Å²) in [6, 6.07) is 1.13. The fourth-order valence-corrected chi connectivity index (χ4v) is 3.48. The number of hydrogen-bond donors (Lipinski definition) is 1. The highest BCUT2D eigenvalue weighted by Crippen LogP contribution is 2.30. The predicted octanol–water partition coefficient (Wildman–Crippen LogP) is 2.93. The van der Waals surface area contributed by atoms with Crippen molar-refractivity contribution >= 4 is 33.3 Å².